The van der Waals surface area contributed by atoms with Crippen LogP contribution < -0.4 is 10.2 Å². The van der Waals surface area contributed by atoms with Crippen molar-refractivity contribution in [3.8, 4) is 0 Å². The van der Waals surface area contributed by atoms with Crippen molar-refractivity contribution in [1.29, 1.82) is 0 Å². The van der Waals surface area contributed by atoms with E-state index >= 15 is 0 Å². The highest BCUT2D eigenvalue weighted by atomic mass is 16.2. The van der Waals surface area contributed by atoms with E-state index in [9.17, 15) is 9.59 Å². The van der Waals surface area contributed by atoms with Gasteiger partial charge in [0.1, 0.15) is 0 Å². The summed E-state index contributed by atoms with van der Waals surface area (Å²) in [4.78, 5) is 28.5. The molecule has 0 bridgehead atoms. The molecule has 24 heavy (non-hydrogen) atoms. The minimum atomic E-state index is -0.102. The van der Waals surface area contributed by atoms with Crippen LogP contribution in [0.3, 0.4) is 0 Å². The highest BCUT2D eigenvalue weighted by Gasteiger charge is 2.20. The molecule has 0 aliphatic carbocycles. The minimum Gasteiger partial charge on any atom is -0.370 e. The van der Waals surface area contributed by atoms with Gasteiger partial charge in [0, 0.05) is 26.1 Å². The van der Waals surface area contributed by atoms with Crippen LogP contribution in [0.25, 0.3) is 0 Å². The van der Waals surface area contributed by atoms with Crippen LogP contribution in [0.2, 0.25) is 0 Å². The molecule has 3 rings (SSSR count). The van der Waals surface area contributed by atoms with E-state index in [2.05, 4.69) is 16.3 Å². The van der Waals surface area contributed by atoms with Gasteiger partial charge in [-0.15, -0.1) is 0 Å². The average Bonchev–Trinajstić information content (AvgIpc) is 2.81. The maximum Gasteiger partial charge on any atom is 0.244 e. The van der Waals surface area contributed by atoms with Crippen molar-refractivity contribution >= 4 is 23.2 Å². The fourth-order valence-electron chi connectivity index (χ4n) is 3.56. The molecule has 1 aromatic rings. The van der Waals surface area contributed by atoms with E-state index in [1.807, 2.05) is 18.2 Å². The van der Waals surface area contributed by atoms with E-state index in [-0.39, 0.29) is 18.4 Å². The van der Waals surface area contributed by atoms with E-state index in [0.29, 0.717) is 13.0 Å². The lowest BCUT2D eigenvalue weighted by Crippen LogP contribution is -2.38. The first-order chi connectivity index (χ1) is 11.7. The summed E-state index contributed by atoms with van der Waals surface area (Å²) in [6, 6.07) is 7.97. The molecule has 5 nitrogen and oxygen atoms in total. The average molecular weight is 329 g/mol. The Bertz CT molecular complexity index is 582. The zero-order chi connectivity index (χ0) is 16.8. The third kappa shape index (κ3) is 4.28. The van der Waals surface area contributed by atoms with Crippen LogP contribution in [0.4, 0.5) is 11.4 Å². The van der Waals surface area contributed by atoms with Gasteiger partial charge in [-0.25, -0.2) is 0 Å². The van der Waals surface area contributed by atoms with Crippen LogP contribution >= 0.6 is 0 Å². The molecule has 2 aliphatic heterocycles. The highest BCUT2D eigenvalue weighted by Crippen LogP contribution is 2.28. The number of amides is 2. The summed E-state index contributed by atoms with van der Waals surface area (Å²) in [5.74, 6) is 0.00155. The van der Waals surface area contributed by atoms with E-state index in [1.54, 1.807) is 4.90 Å². The lowest BCUT2D eigenvalue weighted by atomic mass is 10.1. The monoisotopic (exact) mass is 329 g/mol. The molecule has 2 fully saturated rings. The molecule has 0 saturated carbocycles. The number of nitrogens with one attached hydrogen (secondary N) is 1. The molecular weight excluding hydrogens is 302 g/mol. The Morgan fingerprint density at radius 1 is 0.958 bits per heavy atom. The number of likely N-dealkylation sites (tertiary alicyclic amines) is 1. The van der Waals surface area contributed by atoms with Crippen molar-refractivity contribution < 1.29 is 9.59 Å². The van der Waals surface area contributed by atoms with Crippen molar-refractivity contribution in [1.82, 2.24) is 4.90 Å². The predicted molar refractivity (Wildman–Crippen MR) is 96.2 cm³/mol. The zero-order valence-corrected chi connectivity index (χ0v) is 14.3. The van der Waals surface area contributed by atoms with Gasteiger partial charge in [0.15, 0.2) is 0 Å². The predicted octanol–water partition coefficient (Wildman–Crippen LogP) is 3.02. The zero-order valence-electron chi connectivity index (χ0n) is 14.3. The van der Waals surface area contributed by atoms with E-state index in [4.69, 9.17) is 0 Å². The number of hydrogen-bond donors (Lipinski definition) is 1. The number of rotatable bonds is 4. The van der Waals surface area contributed by atoms with Crippen molar-refractivity contribution in [2.75, 3.05) is 36.4 Å². The number of hydrogen-bond acceptors (Lipinski definition) is 3. The Morgan fingerprint density at radius 3 is 2.50 bits per heavy atom. The van der Waals surface area contributed by atoms with Gasteiger partial charge >= 0.3 is 0 Å². The number of nitrogens with zero attached hydrogens (tertiary/aromatic N) is 2. The Kier molecular flexibility index (Phi) is 5.72. The van der Waals surface area contributed by atoms with Crippen LogP contribution in [0.5, 0.6) is 0 Å². The number of piperidine rings is 1. The number of para-hydroxylation sites is 2. The van der Waals surface area contributed by atoms with E-state index in [1.165, 1.54) is 19.3 Å². The lowest BCUT2D eigenvalue weighted by molar-refractivity contribution is -0.134. The van der Waals surface area contributed by atoms with Crippen LogP contribution in [0, 0.1) is 0 Å². The Hall–Kier alpha value is -2.04. The fraction of sp³-hybridized carbons (Fsp3) is 0.579. The first-order valence-corrected chi connectivity index (χ1v) is 9.15. The summed E-state index contributed by atoms with van der Waals surface area (Å²) in [6.45, 7) is 2.93. The summed E-state index contributed by atoms with van der Waals surface area (Å²) in [5.41, 5.74) is 1.94. The summed E-state index contributed by atoms with van der Waals surface area (Å²) >= 11 is 0. The molecule has 0 spiro atoms. The van der Waals surface area contributed by atoms with E-state index in [0.717, 1.165) is 43.7 Å². The summed E-state index contributed by atoms with van der Waals surface area (Å²) in [7, 11) is 0. The topological polar surface area (TPSA) is 52.7 Å². The molecule has 2 heterocycles. The number of carbonyl (C=O) groups is 2. The van der Waals surface area contributed by atoms with Crippen LogP contribution in [-0.2, 0) is 9.59 Å². The molecule has 5 heteroatoms. The molecule has 2 saturated heterocycles. The smallest absolute Gasteiger partial charge is 0.244 e. The normalized spacial score (nSPS) is 19.1. The molecule has 0 atom stereocenters. The Balaban J connectivity index is 1.64. The van der Waals surface area contributed by atoms with Gasteiger partial charge in [0.05, 0.1) is 17.9 Å². The van der Waals surface area contributed by atoms with Gasteiger partial charge in [-0.1, -0.05) is 18.6 Å². The Morgan fingerprint density at radius 2 is 1.67 bits per heavy atom. The number of carbonyl (C=O) groups excluding carboxylic acids is 2. The molecule has 0 aromatic heterocycles. The summed E-state index contributed by atoms with van der Waals surface area (Å²) in [6.07, 6.45) is 7.24. The quantitative estimate of drug-likeness (QED) is 0.924. The van der Waals surface area contributed by atoms with Crippen molar-refractivity contribution in [3.63, 3.8) is 0 Å². The molecule has 0 radical (unpaired) electrons. The SMILES string of the molecule is O=C(CN1CCCCCC1=O)Nc1ccccc1N1CCCCC1. The van der Waals surface area contributed by atoms with Crippen LogP contribution in [-0.4, -0.2) is 42.9 Å². The summed E-state index contributed by atoms with van der Waals surface area (Å²) in [5, 5.41) is 3.02. The van der Waals surface area contributed by atoms with Crippen molar-refractivity contribution in [2.45, 2.75) is 44.9 Å². The van der Waals surface area contributed by atoms with Gasteiger partial charge in [-0.3, -0.25) is 9.59 Å². The van der Waals surface area contributed by atoms with Gasteiger partial charge in [0.2, 0.25) is 11.8 Å². The number of benzene rings is 1. The first-order valence-electron chi connectivity index (χ1n) is 9.15. The first kappa shape index (κ1) is 16.8. The second kappa shape index (κ2) is 8.18. The van der Waals surface area contributed by atoms with E-state index < -0.39 is 0 Å². The van der Waals surface area contributed by atoms with Crippen LogP contribution in [0.15, 0.2) is 24.3 Å². The molecule has 2 amide bonds. The third-order valence-corrected chi connectivity index (χ3v) is 4.88. The second-order valence-corrected chi connectivity index (χ2v) is 6.74. The fourth-order valence-corrected chi connectivity index (χ4v) is 3.56. The largest absolute Gasteiger partial charge is 0.370 e. The third-order valence-electron chi connectivity index (χ3n) is 4.88. The molecular formula is C19H27N3O2. The van der Waals surface area contributed by atoms with Crippen LogP contribution in [0.1, 0.15) is 44.9 Å². The molecule has 1 aromatic carbocycles. The standard InChI is InChI=1S/C19H27N3O2/c23-18(15-22-14-6-1-3-11-19(22)24)20-16-9-4-5-10-17(16)21-12-7-2-8-13-21/h4-5,9-10H,1-3,6-8,11-15H2,(H,20,23). The van der Waals surface area contributed by atoms with Gasteiger partial charge in [-0.05, 0) is 44.2 Å². The summed E-state index contributed by atoms with van der Waals surface area (Å²) < 4.78 is 0. The minimum absolute atomic E-state index is 0.102. The highest BCUT2D eigenvalue weighted by molar-refractivity contribution is 5.97. The molecule has 130 valence electrons. The van der Waals surface area contributed by atoms with Crippen molar-refractivity contribution in [2.24, 2.45) is 0 Å². The lowest BCUT2D eigenvalue weighted by Gasteiger charge is -2.30. The van der Waals surface area contributed by atoms with Gasteiger partial charge in [0.25, 0.3) is 0 Å². The van der Waals surface area contributed by atoms with Crippen molar-refractivity contribution in [3.05, 3.63) is 24.3 Å². The van der Waals surface area contributed by atoms with Gasteiger partial charge < -0.3 is 15.1 Å². The maximum atomic E-state index is 12.4. The maximum absolute atomic E-state index is 12.4. The molecule has 1 N–H and O–H groups in total. The van der Waals surface area contributed by atoms with Gasteiger partial charge in [-0.2, -0.15) is 0 Å². The number of anilines is 2. The Labute approximate surface area is 144 Å². The molecule has 2 aliphatic rings. The molecule has 0 unspecified atom stereocenters. The second-order valence-electron chi connectivity index (χ2n) is 6.74.